The third-order valence-corrected chi connectivity index (χ3v) is 4.60. The molecule has 0 fully saturated rings. The Balaban J connectivity index is 1.42. The number of carbonyl (C=O) groups is 2. The van der Waals surface area contributed by atoms with Crippen LogP contribution in [0.3, 0.4) is 0 Å². The van der Waals surface area contributed by atoms with Crippen LogP contribution in [-0.4, -0.2) is 25.0 Å². The number of nitrogens with one attached hydrogen (secondary N) is 3. The van der Waals surface area contributed by atoms with E-state index in [9.17, 15) is 9.59 Å². The summed E-state index contributed by atoms with van der Waals surface area (Å²) in [5, 5.41) is 10.4. The van der Waals surface area contributed by atoms with Gasteiger partial charge in [-0.05, 0) is 43.6 Å². The van der Waals surface area contributed by atoms with Gasteiger partial charge in [0.25, 0.3) is 0 Å². The lowest BCUT2D eigenvalue weighted by Gasteiger charge is -2.13. The zero-order valence-electron chi connectivity index (χ0n) is 14.9. The zero-order valence-corrected chi connectivity index (χ0v) is 14.9. The van der Waals surface area contributed by atoms with Crippen molar-refractivity contribution in [2.24, 2.45) is 0 Å². The van der Waals surface area contributed by atoms with Crippen LogP contribution in [0, 0.1) is 0 Å². The average Bonchev–Trinajstić information content (AvgIpc) is 2.67. The summed E-state index contributed by atoms with van der Waals surface area (Å²) in [6, 6.07) is 13.4. The minimum absolute atomic E-state index is 0.0482. The van der Waals surface area contributed by atoms with Crippen molar-refractivity contribution in [2.45, 2.75) is 32.1 Å². The van der Waals surface area contributed by atoms with Crippen LogP contribution in [0.25, 0.3) is 10.8 Å². The van der Waals surface area contributed by atoms with Crippen LogP contribution in [0.5, 0.6) is 0 Å². The van der Waals surface area contributed by atoms with E-state index in [1.54, 1.807) is 0 Å². The second-order valence-electron chi connectivity index (χ2n) is 6.54. The number of benzene rings is 2. The molecule has 26 heavy (non-hydrogen) atoms. The van der Waals surface area contributed by atoms with E-state index in [0.717, 1.165) is 35.7 Å². The second-order valence-corrected chi connectivity index (χ2v) is 6.54. The molecule has 0 unspecified atom stereocenters. The van der Waals surface area contributed by atoms with Crippen LogP contribution < -0.4 is 16.0 Å². The highest BCUT2D eigenvalue weighted by atomic mass is 16.2. The van der Waals surface area contributed by atoms with E-state index in [0.29, 0.717) is 6.54 Å². The van der Waals surface area contributed by atoms with Gasteiger partial charge in [-0.25, -0.2) is 4.79 Å². The molecule has 0 aliphatic heterocycles. The minimum atomic E-state index is -0.439. The highest BCUT2D eigenvalue weighted by Gasteiger charge is 2.09. The van der Waals surface area contributed by atoms with Gasteiger partial charge in [0.2, 0.25) is 5.91 Å². The maximum absolute atomic E-state index is 12.0. The minimum Gasteiger partial charge on any atom is -0.376 e. The first kappa shape index (κ1) is 18.0. The van der Waals surface area contributed by atoms with Crippen molar-refractivity contribution in [1.82, 2.24) is 10.6 Å². The summed E-state index contributed by atoms with van der Waals surface area (Å²) in [4.78, 5) is 23.8. The molecule has 0 radical (unpaired) electrons. The summed E-state index contributed by atoms with van der Waals surface area (Å²) in [6.45, 7) is 0.605. The molecular weight excluding hydrogens is 326 g/mol. The quantitative estimate of drug-likeness (QED) is 0.690. The molecule has 0 bridgehead atoms. The summed E-state index contributed by atoms with van der Waals surface area (Å²) in [7, 11) is 0. The van der Waals surface area contributed by atoms with E-state index in [1.807, 2.05) is 42.5 Å². The van der Waals surface area contributed by atoms with Gasteiger partial charge < -0.3 is 10.6 Å². The van der Waals surface area contributed by atoms with Crippen molar-refractivity contribution in [1.29, 1.82) is 0 Å². The Morgan fingerprint density at radius 1 is 1.00 bits per heavy atom. The summed E-state index contributed by atoms with van der Waals surface area (Å²) in [6.07, 6.45) is 7.88. The molecule has 2 aromatic carbocycles. The second kappa shape index (κ2) is 9.04. The first-order valence-corrected chi connectivity index (χ1v) is 9.19. The lowest BCUT2D eigenvalue weighted by atomic mass is 9.97. The predicted molar refractivity (Wildman–Crippen MR) is 105 cm³/mol. The van der Waals surface area contributed by atoms with Crippen LogP contribution >= 0.6 is 0 Å². The Labute approximate surface area is 153 Å². The van der Waals surface area contributed by atoms with Gasteiger partial charge in [0.15, 0.2) is 0 Å². The number of urea groups is 1. The number of amides is 3. The Bertz CT molecular complexity index is 809. The zero-order chi connectivity index (χ0) is 18.2. The lowest BCUT2D eigenvalue weighted by Crippen LogP contribution is -2.42. The predicted octanol–water partition coefficient (Wildman–Crippen LogP) is 3.97. The monoisotopic (exact) mass is 351 g/mol. The molecule has 0 atom stereocenters. The van der Waals surface area contributed by atoms with Crippen molar-refractivity contribution >= 4 is 28.4 Å². The SMILES string of the molecule is O=C(CNc1cccc2ccccc12)NC(=O)NCCC1=CCCCC1. The number of allylic oxidation sites excluding steroid dienone is 1. The van der Waals surface area contributed by atoms with Crippen LogP contribution in [-0.2, 0) is 4.79 Å². The standard InChI is InChI=1S/C21H25N3O2/c25-20(24-21(26)22-14-13-16-7-2-1-3-8-16)15-23-19-12-6-10-17-9-4-5-11-18(17)19/h4-7,9-12,23H,1-3,8,13-15H2,(H2,22,24,25,26). The molecule has 0 spiro atoms. The molecule has 0 heterocycles. The molecule has 3 N–H and O–H groups in total. The number of imide groups is 1. The number of carbonyl (C=O) groups excluding carboxylic acids is 2. The molecule has 136 valence electrons. The van der Waals surface area contributed by atoms with Crippen molar-refractivity contribution in [3.63, 3.8) is 0 Å². The van der Waals surface area contributed by atoms with E-state index < -0.39 is 6.03 Å². The molecule has 5 heteroatoms. The Morgan fingerprint density at radius 3 is 2.69 bits per heavy atom. The molecule has 0 saturated heterocycles. The maximum Gasteiger partial charge on any atom is 0.321 e. The highest BCUT2D eigenvalue weighted by Crippen LogP contribution is 2.22. The van der Waals surface area contributed by atoms with Crippen molar-refractivity contribution in [2.75, 3.05) is 18.4 Å². The van der Waals surface area contributed by atoms with Crippen LogP contribution in [0.2, 0.25) is 0 Å². The van der Waals surface area contributed by atoms with E-state index in [1.165, 1.54) is 18.4 Å². The molecule has 5 nitrogen and oxygen atoms in total. The number of rotatable bonds is 6. The van der Waals surface area contributed by atoms with Gasteiger partial charge >= 0.3 is 6.03 Å². The first-order chi connectivity index (χ1) is 12.7. The van der Waals surface area contributed by atoms with Gasteiger partial charge in [0.1, 0.15) is 0 Å². The number of anilines is 1. The summed E-state index contributed by atoms with van der Waals surface area (Å²) in [5.74, 6) is -0.354. The molecule has 1 aliphatic carbocycles. The lowest BCUT2D eigenvalue weighted by molar-refractivity contribution is -0.118. The fraction of sp³-hybridized carbons (Fsp3) is 0.333. The third kappa shape index (κ3) is 5.09. The van der Waals surface area contributed by atoms with Gasteiger partial charge in [0, 0.05) is 17.6 Å². The largest absolute Gasteiger partial charge is 0.376 e. The van der Waals surface area contributed by atoms with E-state index in [4.69, 9.17) is 0 Å². The van der Waals surface area contributed by atoms with Crippen molar-refractivity contribution in [3.05, 3.63) is 54.1 Å². The number of fused-ring (bicyclic) bond motifs is 1. The van der Waals surface area contributed by atoms with Gasteiger partial charge in [-0.3, -0.25) is 10.1 Å². The van der Waals surface area contributed by atoms with E-state index >= 15 is 0 Å². The van der Waals surface area contributed by atoms with Crippen molar-refractivity contribution < 1.29 is 9.59 Å². The van der Waals surface area contributed by atoms with Gasteiger partial charge in [0.05, 0.1) is 6.54 Å². The number of hydrogen-bond donors (Lipinski definition) is 3. The molecule has 2 aromatic rings. The summed E-state index contributed by atoms with van der Waals surface area (Å²) < 4.78 is 0. The van der Waals surface area contributed by atoms with E-state index in [2.05, 4.69) is 22.0 Å². The smallest absolute Gasteiger partial charge is 0.321 e. The van der Waals surface area contributed by atoms with Crippen LogP contribution in [0.15, 0.2) is 54.1 Å². The first-order valence-electron chi connectivity index (χ1n) is 9.19. The fourth-order valence-corrected chi connectivity index (χ4v) is 3.24. The molecule has 3 rings (SSSR count). The molecule has 0 aromatic heterocycles. The van der Waals surface area contributed by atoms with Crippen LogP contribution in [0.1, 0.15) is 32.1 Å². The maximum atomic E-state index is 12.0. The van der Waals surface area contributed by atoms with Gasteiger partial charge in [-0.2, -0.15) is 0 Å². The van der Waals surface area contributed by atoms with E-state index in [-0.39, 0.29) is 12.5 Å². The third-order valence-electron chi connectivity index (χ3n) is 4.60. The van der Waals surface area contributed by atoms with Gasteiger partial charge in [-0.15, -0.1) is 0 Å². The Morgan fingerprint density at radius 2 is 1.85 bits per heavy atom. The fourth-order valence-electron chi connectivity index (χ4n) is 3.24. The summed E-state index contributed by atoms with van der Waals surface area (Å²) >= 11 is 0. The Kier molecular flexibility index (Phi) is 6.25. The Hall–Kier alpha value is -2.82. The van der Waals surface area contributed by atoms with Gasteiger partial charge in [-0.1, -0.05) is 48.0 Å². The molecule has 3 amide bonds. The highest BCUT2D eigenvalue weighted by molar-refractivity contribution is 5.98. The van der Waals surface area contributed by atoms with Crippen molar-refractivity contribution in [3.8, 4) is 0 Å². The molecule has 0 saturated carbocycles. The molecular formula is C21H25N3O2. The average molecular weight is 351 g/mol. The normalized spacial score (nSPS) is 13.8. The van der Waals surface area contributed by atoms with Crippen LogP contribution in [0.4, 0.5) is 10.5 Å². The summed E-state index contributed by atoms with van der Waals surface area (Å²) in [5.41, 5.74) is 2.28. The molecule has 1 aliphatic rings. The number of hydrogen-bond acceptors (Lipinski definition) is 3. The topological polar surface area (TPSA) is 70.2 Å².